The summed E-state index contributed by atoms with van der Waals surface area (Å²) >= 11 is 1.60. The maximum Gasteiger partial charge on any atom is 0.277 e. The summed E-state index contributed by atoms with van der Waals surface area (Å²) in [6, 6.07) is 5.68. The minimum Gasteiger partial charge on any atom is -0.448 e. The molecule has 6 nitrogen and oxygen atoms in total. The van der Waals surface area contributed by atoms with Crippen LogP contribution < -0.4 is 5.32 Å². The van der Waals surface area contributed by atoms with Crippen LogP contribution in [0.25, 0.3) is 10.2 Å². The zero-order chi connectivity index (χ0) is 16.5. The number of fused-ring (bicyclic) bond motifs is 1. The zero-order valence-corrected chi connectivity index (χ0v) is 14.1. The molecule has 3 heterocycles. The first-order valence-electron chi connectivity index (χ1n) is 7.91. The molecule has 1 aliphatic rings. The molecule has 2 aromatic heterocycles. The number of aromatic nitrogens is 2. The number of rotatable bonds is 3. The van der Waals surface area contributed by atoms with Crippen LogP contribution in [-0.4, -0.2) is 29.1 Å². The van der Waals surface area contributed by atoms with E-state index in [9.17, 15) is 4.79 Å². The highest BCUT2D eigenvalue weighted by Gasteiger charge is 2.22. The number of carbonyl (C=O) groups is 1. The lowest BCUT2D eigenvalue weighted by atomic mass is 10.0. The molecule has 0 bridgehead atoms. The number of carbonyl (C=O) groups excluding carboxylic acids is 1. The molecule has 0 aliphatic carbocycles. The first-order chi connectivity index (χ1) is 11.7. The fourth-order valence-corrected chi connectivity index (χ4v) is 3.70. The molecule has 1 aliphatic heterocycles. The van der Waals surface area contributed by atoms with E-state index >= 15 is 0 Å². The molecular formula is C17H17N3O3S. The Hall–Kier alpha value is -2.25. The van der Waals surface area contributed by atoms with E-state index in [1.807, 2.05) is 25.1 Å². The Labute approximate surface area is 142 Å². The maximum atomic E-state index is 12.4. The molecular weight excluding hydrogens is 326 g/mol. The Balaban J connectivity index is 1.49. The molecule has 7 heteroatoms. The third kappa shape index (κ3) is 3.05. The fraction of sp³-hybridized carbons (Fsp3) is 0.353. The van der Waals surface area contributed by atoms with Gasteiger partial charge in [-0.3, -0.25) is 4.79 Å². The summed E-state index contributed by atoms with van der Waals surface area (Å²) in [5, 5.41) is 3.87. The molecule has 1 saturated heterocycles. The van der Waals surface area contributed by atoms with Gasteiger partial charge in [-0.15, -0.1) is 11.3 Å². The van der Waals surface area contributed by atoms with Crippen LogP contribution in [-0.2, 0) is 4.74 Å². The molecule has 24 heavy (non-hydrogen) atoms. The summed E-state index contributed by atoms with van der Waals surface area (Å²) in [5.41, 5.74) is 1.97. The maximum absolute atomic E-state index is 12.4. The number of nitrogens with one attached hydrogen (secondary N) is 1. The van der Waals surface area contributed by atoms with Crippen LogP contribution in [0.5, 0.6) is 0 Å². The highest BCUT2D eigenvalue weighted by atomic mass is 32.1. The first kappa shape index (κ1) is 15.3. The number of aryl methyl sites for hydroxylation is 1. The van der Waals surface area contributed by atoms with Crippen molar-refractivity contribution in [2.45, 2.75) is 25.7 Å². The fourth-order valence-electron chi connectivity index (χ4n) is 2.84. The molecule has 1 fully saturated rings. The highest BCUT2D eigenvalue weighted by Crippen LogP contribution is 2.27. The van der Waals surface area contributed by atoms with Crippen LogP contribution in [0.1, 0.15) is 40.1 Å². The number of benzene rings is 1. The van der Waals surface area contributed by atoms with Gasteiger partial charge in [0.1, 0.15) is 6.26 Å². The number of nitrogens with zero attached hydrogens (tertiary/aromatic N) is 2. The summed E-state index contributed by atoms with van der Waals surface area (Å²) in [4.78, 5) is 21.1. The van der Waals surface area contributed by atoms with Gasteiger partial charge in [0.25, 0.3) is 5.91 Å². The van der Waals surface area contributed by atoms with Gasteiger partial charge in [0.15, 0.2) is 11.6 Å². The Morgan fingerprint density at radius 2 is 2.12 bits per heavy atom. The van der Waals surface area contributed by atoms with E-state index < -0.39 is 0 Å². The van der Waals surface area contributed by atoms with Gasteiger partial charge in [-0.25, -0.2) is 9.97 Å². The molecule has 124 valence electrons. The second kappa shape index (κ2) is 6.33. The van der Waals surface area contributed by atoms with Gasteiger partial charge in [0.2, 0.25) is 0 Å². The Bertz CT molecular complexity index is 880. The molecule has 0 atom stereocenters. The van der Waals surface area contributed by atoms with Crippen molar-refractivity contribution in [3.63, 3.8) is 0 Å². The number of thiazole rings is 1. The van der Waals surface area contributed by atoms with Crippen molar-refractivity contribution in [2.75, 3.05) is 18.5 Å². The Morgan fingerprint density at radius 1 is 1.29 bits per heavy atom. The van der Waals surface area contributed by atoms with Gasteiger partial charge in [-0.1, -0.05) is 0 Å². The van der Waals surface area contributed by atoms with E-state index in [0.29, 0.717) is 24.8 Å². The van der Waals surface area contributed by atoms with Crippen LogP contribution in [0.4, 0.5) is 5.69 Å². The normalized spacial score (nSPS) is 15.7. The summed E-state index contributed by atoms with van der Waals surface area (Å²) in [5.74, 6) is 0.589. The smallest absolute Gasteiger partial charge is 0.277 e. The summed E-state index contributed by atoms with van der Waals surface area (Å²) in [7, 11) is 0. The van der Waals surface area contributed by atoms with Crippen molar-refractivity contribution in [2.24, 2.45) is 0 Å². The number of ether oxygens (including phenoxy) is 1. The van der Waals surface area contributed by atoms with Crippen LogP contribution in [0, 0.1) is 6.92 Å². The van der Waals surface area contributed by atoms with Crippen molar-refractivity contribution in [1.82, 2.24) is 9.97 Å². The Kier molecular flexibility index (Phi) is 4.03. The summed E-state index contributed by atoms with van der Waals surface area (Å²) < 4.78 is 11.9. The minimum absolute atomic E-state index is 0.233. The van der Waals surface area contributed by atoms with Crippen LogP contribution in [0.2, 0.25) is 0 Å². The van der Waals surface area contributed by atoms with Crippen molar-refractivity contribution in [1.29, 1.82) is 0 Å². The van der Waals surface area contributed by atoms with E-state index in [1.54, 1.807) is 11.3 Å². The highest BCUT2D eigenvalue weighted by molar-refractivity contribution is 7.18. The molecule has 1 N–H and O–H groups in total. The number of oxazole rings is 1. The third-order valence-corrected chi connectivity index (χ3v) is 5.01. The lowest BCUT2D eigenvalue weighted by Gasteiger charge is -2.18. The minimum atomic E-state index is -0.266. The van der Waals surface area contributed by atoms with Crippen LogP contribution >= 0.6 is 11.3 Å². The topological polar surface area (TPSA) is 77.2 Å². The molecule has 4 rings (SSSR count). The first-order valence-corrected chi connectivity index (χ1v) is 8.72. The van der Waals surface area contributed by atoms with E-state index in [4.69, 9.17) is 9.15 Å². The second-order valence-electron chi connectivity index (χ2n) is 5.83. The van der Waals surface area contributed by atoms with Gasteiger partial charge in [0.05, 0.1) is 15.2 Å². The summed E-state index contributed by atoms with van der Waals surface area (Å²) in [6.45, 7) is 3.39. The van der Waals surface area contributed by atoms with Crippen LogP contribution in [0.3, 0.4) is 0 Å². The third-order valence-electron chi connectivity index (χ3n) is 4.08. The van der Waals surface area contributed by atoms with Gasteiger partial charge in [0, 0.05) is 24.8 Å². The lowest BCUT2D eigenvalue weighted by molar-refractivity contribution is 0.0794. The van der Waals surface area contributed by atoms with Gasteiger partial charge in [-0.05, 0) is 38.0 Å². The number of amides is 1. The molecule has 3 aromatic rings. The average molecular weight is 343 g/mol. The van der Waals surface area contributed by atoms with Crippen molar-refractivity contribution in [3.8, 4) is 0 Å². The quantitative estimate of drug-likeness (QED) is 0.784. The van der Waals surface area contributed by atoms with Crippen molar-refractivity contribution >= 4 is 33.1 Å². The lowest BCUT2D eigenvalue weighted by Crippen LogP contribution is -2.15. The largest absolute Gasteiger partial charge is 0.448 e. The SMILES string of the molecule is Cc1nc2ccc(NC(=O)c3coc(C4CCOCC4)n3)cc2s1. The second-order valence-corrected chi connectivity index (χ2v) is 7.06. The predicted molar refractivity (Wildman–Crippen MR) is 91.6 cm³/mol. The van der Waals surface area contributed by atoms with E-state index in [1.165, 1.54) is 6.26 Å². The average Bonchev–Trinajstić information content (AvgIpc) is 3.21. The summed E-state index contributed by atoms with van der Waals surface area (Å²) in [6.07, 6.45) is 3.18. The van der Waals surface area contributed by atoms with E-state index in [0.717, 1.165) is 33.8 Å². The van der Waals surface area contributed by atoms with Crippen molar-refractivity contribution in [3.05, 3.63) is 41.1 Å². The van der Waals surface area contributed by atoms with Gasteiger partial charge in [-0.2, -0.15) is 0 Å². The molecule has 1 aromatic carbocycles. The molecule has 1 amide bonds. The van der Waals surface area contributed by atoms with Crippen LogP contribution in [0.15, 0.2) is 28.9 Å². The molecule has 0 spiro atoms. The number of hydrogen-bond acceptors (Lipinski definition) is 6. The zero-order valence-electron chi connectivity index (χ0n) is 13.2. The van der Waals surface area contributed by atoms with Crippen molar-refractivity contribution < 1.29 is 13.9 Å². The molecule has 0 saturated carbocycles. The number of hydrogen-bond donors (Lipinski definition) is 1. The molecule has 0 unspecified atom stereocenters. The van der Waals surface area contributed by atoms with Gasteiger partial charge >= 0.3 is 0 Å². The Morgan fingerprint density at radius 3 is 2.96 bits per heavy atom. The number of anilines is 1. The standard InChI is InChI=1S/C17H17N3O3S/c1-10-18-13-3-2-12(8-15(13)24-10)19-16(21)14-9-23-17(20-14)11-4-6-22-7-5-11/h2-3,8-9,11H,4-7H2,1H3,(H,19,21). The van der Waals surface area contributed by atoms with Gasteiger partial charge < -0.3 is 14.5 Å². The molecule has 0 radical (unpaired) electrons. The monoisotopic (exact) mass is 343 g/mol. The predicted octanol–water partition coefficient (Wildman–Crippen LogP) is 3.74. The van der Waals surface area contributed by atoms with E-state index in [-0.39, 0.29) is 11.8 Å². The van der Waals surface area contributed by atoms with E-state index in [2.05, 4.69) is 15.3 Å².